The molecule has 5 heteroatoms. The molecule has 0 aliphatic carbocycles. The molecule has 2 aliphatic rings. The average Bonchev–Trinajstić information content (AvgIpc) is 3.10. The molecular formula is C18H28N2O3. The highest BCUT2D eigenvalue weighted by Gasteiger charge is 2.14. The molecule has 2 aliphatic heterocycles. The minimum atomic E-state index is 0.721. The second-order valence-electron chi connectivity index (χ2n) is 6.27. The fraction of sp³-hybridized carbons (Fsp3) is 0.667. The summed E-state index contributed by atoms with van der Waals surface area (Å²) < 4.78 is 16.8. The Morgan fingerprint density at radius 1 is 1.00 bits per heavy atom. The molecule has 0 bridgehead atoms. The van der Waals surface area contributed by atoms with E-state index in [-0.39, 0.29) is 0 Å². The molecule has 0 spiro atoms. The number of rotatable bonds is 7. The first-order valence-corrected chi connectivity index (χ1v) is 8.67. The van der Waals surface area contributed by atoms with E-state index in [9.17, 15) is 0 Å². The summed E-state index contributed by atoms with van der Waals surface area (Å²) >= 11 is 0. The molecule has 0 atom stereocenters. The third-order valence-electron chi connectivity index (χ3n) is 4.60. The molecule has 3 rings (SSSR count). The van der Waals surface area contributed by atoms with Gasteiger partial charge in [-0.1, -0.05) is 6.07 Å². The molecule has 0 amide bonds. The molecule has 23 heavy (non-hydrogen) atoms. The fourth-order valence-corrected chi connectivity index (χ4v) is 3.24. The van der Waals surface area contributed by atoms with Gasteiger partial charge in [-0.2, -0.15) is 0 Å². The van der Waals surface area contributed by atoms with Crippen LogP contribution in [0.2, 0.25) is 0 Å². The maximum atomic E-state index is 5.93. The first-order valence-electron chi connectivity index (χ1n) is 8.67. The van der Waals surface area contributed by atoms with Crippen molar-refractivity contribution in [3.8, 4) is 11.5 Å². The van der Waals surface area contributed by atoms with Gasteiger partial charge in [0, 0.05) is 26.2 Å². The molecule has 128 valence electrons. The highest BCUT2D eigenvalue weighted by atomic mass is 16.5. The van der Waals surface area contributed by atoms with Gasteiger partial charge in [-0.25, -0.2) is 0 Å². The van der Waals surface area contributed by atoms with Gasteiger partial charge >= 0.3 is 0 Å². The molecule has 0 aromatic heterocycles. The van der Waals surface area contributed by atoms with Gasteiger partial charge in [0.25, 0.3) is 0 Å². The molecule has 0 radical (unpaired) electrons. The van der Waals surface area contributed by atoms with Crippen LogP contribution < -0.4 is 9.47 Å². The van der Waals surface area contributed by atoms with Crippen molar-refractivity contribution in [1.29, 1.82) is 0 Å². The Kier molecular flexibility index (Phi) is 6.13. The Bertz CT molecular complexity index is 483. The maximum Gasteiger partial charge on any atom is 0.161 e. The average molecular weight is 320 g/mol. The number of hydrogen-bond acceptors (Lipinski definition) is 5. The van der Waals surface area contributed by atoms with Gasteiger partial charge in [-0.05, 0) is 43.6 Å². The van der Waals surface area contributed by atoms with Crippen LogP contribution in [0.4, 0.5) is 0 Å². The summed E-state index contributed by atoms with van der Waals surface area (Å²) in [7, 11) is 1.71. The molecule has 0 N–H and O–H groups in total. The molecule has 0 unspecified atom stereocenters. The van der Waals surface area contributed by atoms with E-state index >= 15 is 0 Å². The third kappa shape index (κ3) is 4.83. The summed E-state index contributed by atoms with van der Waals surface area (Å²) in [6, 6.07) is 6.28. The lowest BCUT2D eigenvalue weighted by molar-refractivity contribution is 0.0341. The number of hydrogen-bond donors (Lipinski definition) is 0. The molecule has 1 aromatic rings. The number of benzene rings is 1. The van der Waals surface area contributed by atoms with Crippen LogP contribution in [0.1, 0.15) is 18.4 Å². The summed E-state index contributed by atoms with van der Waals surface area (Å²) in [5.74, 6) is 1.68. The largest absolute Gasteiger partial charge is 0.493 e. The van der Waals surface area contributed by atoms with Gasteiger partial charge in [0.05, 0.1) is 20.3 Å². The molecule has 1 aromatic carbocycles. The van der Waals surface area contributed by atoms with Gasteiger partial charge in [0.1, 0.15) is 6.61 Å². The Balaban J connectivity index is 1.53. The lowest BCUT2D eigenvalue weighted by atomic mass is 10.2. The predicted molar refractivity (Wildman–Crippen MR) is 90.3 cm³/mol. The van der Waals surface area contributed by atoms with Crippen molar-refractivity contribution in [2.45, 2.75) is 19.4 Å². The molecule has 2 heterocycles. The van der Waals surface area contributed by atoms with Crippen LogP contribution in [0.15, 0.2) is 18.2 Å². The first kappa shape index (κ1) is 16.6. The zero-order chi connectivity index (χ0) is 15.9. The fourth-order valence-electron chi connectivity index (χ4n) is 3.24. The Morgan fingerprint density at radius 3 is 2.52 bits per heavy atom. The predicted octanol–water partition coefficient (Wildman–Crippen LogP) is 2.00. The van der Waals surface area contributed by atoms with Gasteiger partial charge in [-0.3, -0.25) is 9.80 Å². The summed E-state index contributed by atoms with van der Waals surface area (Å²) in [4.78, 5) is 4.87. The van der Waals surface area contributed by atoms with E-state index in [4.69, 9.17) is 14.2 Å². The van der Waals surface area contributed by atoms with Gasteiger partial charge in [0.2, 0.25) is 0 Å². The summed E-state index contributed by atoms with van der Waals surface area (Å²) in [6.45, 7) is 8.72. The van der Waals surface area contributed by atoms with E-state index in [1.165, 1.54) is 31.5 Å². The second kappa shape index (κ2) is 8.52. The van der Waals surface area contributed by atoms with E-state index in [1.54, 1.807) is 7.11 Å². The third-order valence-corrected chi connectivity index (χ3v) is 4.60. The minimum Gasteiger partial charge on any atom is -0.493 e. The van der Waals surface area contributed by atoms with Crippen molar-refractivity contribution in [1.82, 2.24) is 9.80 Å². The normalized spacial score (nSPS) is 19.9. The summed E-state index contributed by atoms with van der Waals surface area (Å²) in [6.07, 6.45) is 2.64. The number of ether oxygens (including phenoxy) is 3. The lowest BCUT2D eigenvalue weighted by Gasteiger charge is -2.26. The number of morpholine rings is 1. The second-order valence-corrected chi connectivity index (χ2v) is 6.27. The standard InChI is InChI=1S/C18H28N2O3/c1-21-18-14-16(15-20-8-11-22-12-9-20)4-5-17(18)23-13-10-19-6-2-3-7-19/h4-5,14H,2-3,6-13,15H2,1H3. The van der Waals surface area contributed by atoms with Crippen LogP contribution >= 0.6 is 0 Å². The van der Waals surface area contributed by atoms with E-state index in [2.05, 4.69) is 21.9 Å². The molecule has 2 saturated heterocycles. The zero-order valence-corrected chi connectivity index (χ0v) is 14.1. The van der Waals surface area contributed by atoms with Crippen molar-refractivity contribution < 1.29 is 14.2 Å². The highest BCUT2D eigenvalue weighted by Crippen LogP contribution is 2.28. The summed E-state index contributed by atoms with van der Waals surface area (Å²) in [5, 5.41) is 0. The number of nitrogens with zero attached hydrogens (tertiary/aromatic N) is 2. The monoisotopic (exact) mass is 320 g/mol. The van der Waals surface area contributed by atoms with Gasteiger partial charge in [-0.15, -0.1) is 0 Å². The lowest BCUT2D eigenvalue weighted by Crippen LogP contribution is -2.35. The molecular weight excluding hydrogens is 292 g/mol. The van der Waals surface area contributed by atoms with Crippen LogP contribution in [0.3, 0.4) is 0 Å². The Morgan fingerprint density at radius 2 is 1.78 bits per heavy atom. The molecule has 0 saturated carbocycles. The van der Waals surface area contributed by atoms with E-state index in [0.717, 1.165) is 57.5 Å². The van der Waals surface area contributed by atoms with Crippen LogP contribution in [0.25, 0.3) is 0 Å². The van der Waals surface area contributed by atoms with E-state index in [0.29, 0.717) is 0 Å². The van der Waals surface area contributed by atoms with Crippen molar-refractivity contribution in [2.24, 2.45) is 0 Å². The zero-order valence-electron chi connectivity index (χ0n) is 14.1. The molecule has 2 fully saturated rings. The first-order chi connectivity index (χ1) is 11.3. The number of likely N-dealkylation sites (tertiary alicyclic amines) is 1. The van der Waals surface area contributed by atoms with Crippen molar-refractivity contribution in [2.75, 3.05) is 59.7 Å². The Hall–Kier alpha value is -1.30. The minimum absolute atomic E-state index is 0.721. The van der Waals surface area contributed by atoms with Gasteiger partial charge < -0.3 is 14.2 Å². The Labute approximate surface area is 139 Å². The van der Waals surface area contributed by atoms with Gasteiger partial charge in [0.15, 0.2) is 11.5 Å². The molecule has 5 nitrogen and oxygen atoms in total. The van der Waals surface area contributed by atoms with Crippen molar-refractivity contribution in [3.63, 3.8) is 0 Å². The van der Waals surface area contributed by atoms with Crippen LogP contribution in [0.5, 0.6) is 11.5 Å². The van der Waals surface area contributed by atoms with Crippen LogP contribution in [0, 0.1) is 0 Å². The maximum absolute atomic E-state index is 5.93. The van der Waals surface area contributed by atoms with Crippen LogP contribution in [-0.4, -0.2) is 69.5 Å². The smallest absolute Gasteiger partial charge is 0.161 e. The quantitative estimate of drug-likeness (QED) is 0.768. The topological polar surface area (TPSA) is 34.2 Å². The highest BCUT2D eigenvalue weighted by molar-refractivity contribution is 5.43. The van der Waals surface area contributed by atoms with Crippen molar-refractivity contribution in [3.05, 3.63) is 23.8 Å². The van der Waals surface area contributed by atoms with E-state index < -0.39 is 0 Å². The summed E-state index contributed by atoms with van der Waals surface area (Å²) in [5.41, 5.74) is 1.26. The number of methoxy groups -OCH3 is 1. The SMILES string of the molecule is COc1cc(CN2CCOCC2)ccc1OCCN1CCCC1. The van der Waals surface area contributed by atoms with E-state index in [1.807, 2.05) is 6.07 Å². The van der Waals surface area contributed by atoms with Crippen LogP contribution in [-0.2, 0) is 11.3 Å². The van der Waals surface area contributed by atoms with Crippen molar-refractivity contribution >= 4 is 0 Å².